The lowest BCUT2D eigenvalue weighted by molar-refractivity contribution is -0.132. The summed E-state index contributed by atoms with van der Waals surface area (Å²) >= 11 is 1.44. The van der Waals surface area contributed by atoms with Crippen molar-refractivity contribution >= 4 is 29.3 Å². The van der Waals surface area contributed by atoms with E-state index in [2.05, 4.69) is 15.2 Å². The van der Waals surface area contributed by atoms with Gasteiger partial charge in [0.25, 0.3) is 0 Å². The zero-order chi connectivity index (χ0) is 22.8. The molecule has 1 aliphatic heterocycles. The lowest BCUT2D eigenvalue weighted by atomic mass is 10.1. The van der Waals surface area contributed by atoms with Crippen molar-refractivity contribution in [3.8, 4) is 22.9 Å². The van der Waals surface area contributed by atoms with E-state index in [1.807, 2.05) is 50.2 Å². The fourth-order valence-electron chi connectivity index (χ4n) is 3.60. The maximum atomic E-state index is 12.9. The number of esters is 1. The van der Waals surface area contributed by atoms with Gasteiger partial charge in [0.05, 0.1) is 11.3 Å². The van der Waals surface area contributed by atoms with Gasteiger partial charge in [0.1, 0.15) is 5.75 Å². The second-order valence-corrected chi connectivity index (χ2v) is 8.38. The van der Waals surface area contributed by atoms with Gasteiger partial charge in [-0.05, 0) is 30.4 Å². The third-order valence-electron chi connectivity index (χ3n) is 4.88. The number of nitrogens with zero attached hydrogens (tertiary/aromatic N) is 4. The lowest BCUT2D eigenvalue weighted by Crippen LogP contribution is -2.36. The van der Waals surface area contributed by atoms with Crippen LogP contribution in [0.15, 0.2) is 47.6 Å². The van der Waals surface area contributed by atoms with Crippen molar-refractivity contribution in [1.82, 2.24) is 15.2 Å². The van der Waals surface area contributed by atoms with Crippen LogP contribution in [0.4, 0.5) is 5.69 Å². The third-order valence-corrected chi connectivity index (χ3v) is 5.60. The molecule has 9 heteroatoms. The molecule has 0 N–H and O–H groups in total. The summed E-state index contributed by atoms with van der Waals surface area (Å²) in [5.41, 5.74) is 2.99. The summed E-state index contributed by atoms with van der Waals surface area (Å²) in [6.07, 6.45) is -0.930. The molecular formula is C23H22N4O4S. The Morgan fingerprint density at radius 1 is 1.12 bits per heavy atom. The Labute approximate surface area is 190 Å². The van der Waals surface area contributed by atoms with Crippen LogP contribution < -0.4 is 14.4 Å². The number of hydrogen-bond acceptors (Lipinski definition) is 8. The molecule has 0 bridgehead atoms. The molecule has 0 radical (unpaired) electrons. The number of benzene rings is 2. The Balaban J connectivity index is 1.98. The molecule has 0 saturated carbocycles. The van der Waals surface area contributed by atoms with Crippen LogP contribution >= 0.6 is 11.8 Å². The highest BCUT2D eigenvalue weighted by molar-refractivity contribution is 7.99. The topological polar surface area (TPSA) is 94.5 Å². The third kappa shape index (κ3) is 4.03. The van der Waals surface area contributed by atoms with Crippen molar-refractivity contribution in [3.05, 3.63) is 53.6 Å². The number of rotatable bonds is 4. The van der Waals surface area contributed by atoms with E-state index in [1.165, 1.54) is 30.5 Å². The molecule has 0 unspecified atom stereocenters. The van der Waals surface area contributed by atoms with Crippen molar-refractivity contribution in [2.24, 2.45) is 0 Å². The Bertz CT molecular complexity index is 1200. The molecule has 0 spiro atoms. The van der Waals surface area contributed by atoms with Gasteiger partial charge in [-0.25, -0.2) is 0 Å². The number of aryl methyl sites for hydroxylation is 1. The molecule has 8 nitrogen and oxygen atoms in total. The maximum Gasteiger partial charge on any atom is 0.308 e. The first-order valence-corrected chi connectivity index (χ1v) is 11.1. The van der Waals surface area contributed by atoms with Gasteiger partial charge in [-0.1, -0.05) is 49.0 Å². The van der Waals surface area contributed by atoms with Crippen LogP contribution in [0.2, 0.25) is 0 Å². The van der Waals surface area contributed by atoms with Crippen LogP contribution in [0.1, 0.15) is 38.1 Å². The smallest absolute Gasteiger partial charge is 0.308 e. The van der Waals surface area contributed by atoms with Crippen molar-refractivity contribution in [2.45, 2.75) is 39.1 Å². The summed E-state index contributed by atoms with van der Waals surface area (Å²) < 4.78 is 11.9. The fraction of sp³-hybridized carbons (Fsp3) is 0.261. The summed E-state index contributed by atoms with van der Waals surface area (Å²) in [6.45, 7) is 6.62. The van der Waals surface area contributed by atoms with Crippen molar-refractivity contribution < 1.29 is 19.1 Å². The Kier molecular flexibility index (Phi) is 6.09. The minimum Gasteiger partial charge on any atom is -0.447 e. The number of aromatic nitrogens is 3. The Morgan fingerprint density at radius 3 is 2.62 bits per heavy atom. The number of carbonyl (C=O) groups is 2. The number of amides is 1. The molecule has 4 rings (SSSR count). The monoisotopic (exact) mass is 450 g/mol. The molecule has 1 aliphatic rings. The zero-order valence-corrected chi connectivity index (χ0v) is 19.0. The average Bonchev–Trinajstić information content (AvgIpc) is 2.89. The number of hydrogen-bond donors (Lipinski definition) is 0. The molecule has 1 amide bonds. The second kappa shape index (κ2) is 8.96. The van der Waals surface area contributed by atoms with E-state index >= 15 is 0 Å². The molecule has 0 fully saturated rings. The lowest BCUT2D eigenvalue weighted by Gasteiger charge is -2.31. The SMILES string of the molecule is CCSc1nnc2c(n1)O[C@@H](c1cccc(C)c1OC(C)=O)N(C(C)=O)c1ccccc1-2. The number of thioether (sulfide) groups is 1. The molecule has 2 aromatic carbocycles. The minimum atomic E-state index is -0.930. The highest BCUT2D eigenvalue weighted by Gasteiger charge is 2.36. The van der Waals surface area contributed by atoms with Crippen LogP contribution in [-0.4, -0.2) is 32.8 Å². The van der Waals surface area contributed by atoms with E-state index in [0.717, 1.165) is 11.3 Å². The number of anilines is 1. The van der Waals surface area contributed by atoms with E-state index in [1.54, 1.807) is 6.07 Å². The molecule has 1 atom stereocenters. The molecule has 0 saturated heterocycles. The maximum absolute atomic E-state index is 12.9. The molecule has 3 aromatic rings. The first kappa shape index (κ1) is 21.8. The molecule has 32 heavy (non-hydrogen) atoms. The van der Waals surface area contributed by atoms with Crippen LogP contribution in [0.5, 0.6) is 11.6 Å². The van der Waals surface area contributed by atoms with Gasteiger partial charge >= 0.3 is 5.97 Å². The largest absolute Gasteiger partial charge is 0.447 e. The van der Waals surface area contributed by atoms with Gasteiger partial charge in [0.15, 0.2) is 5.69 Å². The number of carbonyl (C=O) groups excluding carboxylic acids is 2. The average molecular weight is 451 g/mol. The number of fused-ring (bicyclic) bond motifs is 3. The van der Waals surface area contributed by atoms with Gasteiger partial charge in [-0.15, -0.1) is 10.2 Å². The normalized spacial score (nSPS) is 14.6. The van der Waals surface area contributed by atoms with Crippen molar-refractivity contribution in [1.29, 1.82) is 0 Å². The second-order valence-electron chi connectivity index (χ2n) is 7.14. The fourth-order valence-corrected chi connectivity index (χ4v) is 4.10. The summed E-state index contributed by atoms with van der Waals surface area (Å²) in [5.74, 6) is 0.667. The Morgan fingerprint density at radius 2 is 1.91 bits per heavy atom. The number of para-hydroxylation sites is 2. The van der Waals surface area contributed by atoms with Crippen molar-refractivity contribution in [3.63, 3.8) is 0 Å². The van der Waals surface area contributed by atoms with Gasteiger partial charge in [-0.2, -0.15) is 4.98 Å². The van der Waals surface area contributed by atoms with E-state index < -0.39 is 12.2 Å². The summed E-state index contributed by atoms with van der Waals surface area (Å²) in [6, 6.07) is 12.8. The van der Waals surface area contributed by atoms with Gasteiger partial charge in [0, 0.05) is 19.4 Å². The van der Waals surface area contributed by atoms with Gasteiger partial charge in [0.2, 0.25) is 23.2 Å². The van der Waals surface area contributed by atoms with Crippen LogP contribution in [0.25, 0.3) is 11.3 Å². The summed E-state index contributed by atoms with van der Waals surface area (Å²) in [5, 5.41) is 9.05. The highest BCUT2D eigenvalue weighted by atomic mass is 32.2. The molecule has 0 aliphatic carbocycles. The standard InChI is InChI=1S/C23H22N4O4S/c1-5-32-23-24-21-19(25-26-23)16-10-6-7-12-18(16)27(14(3)28)22(31-21)17-11-8-9-13(2)20(17)30-15(4)29/h6-12,22H,5H2,1-4H3/t22-/m0/s1. The van der Waals surface area contributed by atoms with E-state index in [0.29, 0.717) is 33.4 Å². The van der Waals surface area contributed by atoms with Gasteiger partial charge in [-0.3, -0.25) is 14.5 Å². The highest BCUT2D eigenvalue weighted by Crippen LogP contribution is 2.45. The number of ether oxygens (including phenoxy) is 2. The molecular weight excluding hydrogens is 428 g/mol. The van der Waals surface area contributed by atoms with Crippen LogP contribution in [0.3, 0.4) is 0 Å². The summed E-state index contributed by atoms with van der Waals surface area (Å²) in [4.78, 5) is 30.8. The van der Waals surface area contributed by atoms with Crippen LogP contribution in [0, 0.1) is 6.92 Å². The van der Waals surface area contributed by atoms with Crippen LogP contribution in [-0.2, 0) is 9.59 Å². The predicted octanol–water partition coefficient (Wildman–Crippen LogP) is 4.33. The zero-order valence-electron chi connectivity index (χ0n) is 18.2. The van der Waals surface area contributed by atoms with Gasteiger partial charge < -0.3 is 9.47 Å². The Hall–Kier alpha value is -3.46. The molecule has 2 heterocycles. The summed E-state index contributed by atoms with van der Waals surface area (Å²) in [7, 11) is 0. The molecule has 1 aromatic heterocycles. The minimum absolute atomic E-state index is 0.248. The van der Waals surface area contributed by atoms with Crippen molar-refractivity contribution in [2.75, 3.05) is 10.7 Å². The quantitative estimate of drug-likeness (QED) is 0.329. The molecule has 164 valence electrons. The van der Waals surface area contributed by atoms with E-state index in [-0.39, 0.29) is 11.8 Å². The predicted molar refractivity (Wildman–Crippen MR) is 121 cm³/mol. The van der Waals surface area contributed by atoms with E-state index in [9.17, 15) is 9.59 Å². The first-order chi connectivity index (χ1) is 15.4. The van der Waals surface area contributed by atoms with E-state index in [4.69, 9.17) is 9.47 Å². The first-order valence-electron chi connectivity index (χ1n) is 10.1.